The summed E-state index contributed by atoms with van der Waals surface area (Å²) in [6.07, 6.45) is 0. The molecule has 4 rings (SSSR count). The maximum atomic E-state index is 13.2. The van der Waals surface area contributed by atoms with E-state index in [0.29, 0.717) is 13.1 Å². The lowest BCUT2D eigenvalue weighted by Gasteiger charge is -2.36. The fourth-order valence-corrected chi connectivity index (χ4v) is 4.61. The molecule has 2 aliphatic rings. The van der Waals surface area contributed by atoms with Crippen LogP contribution in [0.4, 0.5) is 11.4 Å². The van der Waals surface area contributed by atoms with E-state index in [1.54, 1.807) is 11.8 Å². The molecule has 2 heterocycles. The molecule has 0 spiro atoms. The summed E-state index contributed by atoms with van der Waals surface area (Å²) in [6, 6.07) is 16.2. The molecule has 1 amide bonds. The summed E-state index contributed by atoms with van der Waals surface area (Å²) in [5, 5.41) is 9.07. The second-order valence-corrected chi connectivity index (χ2v) is 7.69. The van der Waals surface area contributed by atoms with Crippen molar-refractivity contribution in [3.8, 4) is 0 Å². The van der Waals surface area contributed by atoms with E-state index in [0.717, 1.165) is 47.3 Å². The molecule has 2 aromatic rings. The standard InChI is InChI=1S/C20H23N3O2S/c24-14-13-21-9-11-22(12-10-21)15-20(25)23-16-5-1-3-7-18(16)26-19-8-4-2-6-17(19)23/h1-8,24H,9-15H2. The molecule has 1 N–H and O–H groups in total. The highest BCUT2D eigenvalue weighted by Crippen LogP contribution is 2.47. The minimum absolute atomic E-state index is 0.112. The minimum atomic E-state index is 0.112. The van der Waals surface area contributed by atoms with Gasteiger partial charge in [0, 0.05) is 42.5 Å². The first-order chi connectivity index (χ1) is 12.8. The molecular formula is C20H23N3O2S. The number of piperazine rings is 1. The van der Waals surface area contributed by atoms with Gasteiger partial charge in [0.15, 0.2) is 0 Å². The third-order valence-corrected chi connectivity index (χ3v) is 6.05. The quantitative estimate of drug-likeness (QED) is 0.897. The van der Waals surface area contributed by atoms with Crippen molar-refractivity contribution in [1.82, 2.24) is 9.80 Å². The number of benzene rings is 2. The number of hydrogen-bond acceptors (Lipinski definition) is 5. The molecule has 26 heavy (non-hydrogen) atoms. The van der Waals surface area contributed by atoms with Gasteiger partial charge in [-0.1, -0.05) is 36.0 Å². The van der Waals surface area contributed by atoms with E-state index in [-0.39, 0.29) is 12.5 Å². The molecule has 0 atom stereocenters. The number of rotatable bonds is 4. The van der Waals surface area contributed by atoms with E-state index in [2.05, 4.69) is 21.9 Å². The van der Waals surface area contributed by atoms with Crippen LogP contribution in [0.1, 0.15) is 0 Å². The second-order valence-electron chi connectivity index (χ2n) is 6.61. The highest BCUT2D eigenvalue weighted by Gasteiger charge is 2.29. The number of amides is 1. The molecule has 136 valence electrons. The Bertz CT molecular complexity index is 745. The largest absolute Gasteiger partial charge is 0.395 e. The average Bonchev–Trinajstić information content (AvgIpc) is 2.67. The van der Waals surface area contributed by atoms with E-state index in [9.17, 15) is 4.79 Å². The lowest BCUT2D eigenvalue weighted by Crippen LogP contribution is -2.50. The van der Waals surface area contributed by atoms with Gasteiger partial charge in [0.25, 0.3) is 0 Å². The molecule has 0 bridgehead atoms. The van der Waals surface area contributed by atoms with Crippen LogP contribution >= 0.6 is 11.8 Å². The molecule has 5 nitrogen and oxygen atoms in total. The van der Waals surface area contributed by atoms with Gasteiger partial charge in [-0.15, -0.1) is 0 Å². The lowest BCUT2D eigenvalue weighted by atomic mass is 10.2. The van der Waals surface area contributed by atoms with Crippen LogP contribution in [0, 0.1) is 0 Å². The monoisotopic (exact) mass is 369 g/mol. The van der Waals surface area contributed by atoms with Crippen LogP contribution in [-0.4, -0.2) is 66.7 Å². The molecule has 0 aliphatic carbocycles. The van der Waals surface area contributed by atoms with Gasteiger partial charge in [-0.05, 0) is 24.3 Å². The SMILES string of the molecule is O=C(CN1CCN(CCO)CC1)N1c2ccccc2Sc2ccccc21. The van der Waals surface area contributed by atoms with Crippen molar-refractivity contribution >= 4 is 29.0 Å². The number of aliphatic hydroxyl groups is 1. The Labute approximate surface area is 158 Å². The molecule has 2 aromatic carbocycles. The third kappa shape index (κ3) is 3.50. The fourth-order valence-electron chi connectivity index (χ4n) is 3.55. The maximum absolute atomic E-state index is 13.2. The predicted molar refractivity (Wildman–Crippen MR) is 104 cm³/mol. The van der Waals surface area contributed by atoms with Crippen molar-refractivity contribution in [1.29, 1.82) is 0 Å². The van der Waals surface area contributed by atoms with Crippen molar-refractivity contribution in [3.05, 3.63) is 48.5 Å². The second kappa shape index (κ2) is 7.80. The summed E-state index contributed by atoms with van der Waals surface area (Å²) in [5.74, 6) is 0.112. The normalized spacial score (nSPS) is 17.7. The molecule has 6 heteroatoms. The first-order valence-corrected chi connectivity index (χ1v) is 9.82. The number of nitrogens with zero attached hydrogens (tertiary/aromatic N) is 3. The van der Waals surface area contributed by atoms with E-state index in [1.807, 2.05) is 41.3 Å². The maximum Gasteiger partial charge on any atom is 0.245 e. The number of anilines is 2. The first kappa shape index (κ1) is 17.5. The van der Waals surface area contributed by atoms with Crippen LogP contribution in [0.2, 0.25) is 0 Å². The summed E-state index contributed by atoms with van der Waals surface area (Å²) in [4.78, 5) is 21.8. The highest BCUT2D eigenvalue weighted by molar-refractivity contribution is 7.99. The Morgan fingerprint density at radius 1 is 0.885 bits per heavy atom. The van der Waals surface area contributed by atoms with Gasteiger partial charge in [-0.3, -0.25) is 19.5 Å². The lowest BCUT2D eigenvalue weighted by molar-refractivity contribution is -0.119. The van der Waals surface area contributed by atoms with Crippen LogP contribution in [0.25, 0.3) is 0 Å². The van der Waals surface area contributed by atoms with Gasteiger partial charge in [-0.2, -0.15) is 0 Å². The third-order valence-electron chi connectivity index (χ3n) is 4.92. The molecular weight excluding hydrogens is 346 g/mol. The number of para-hydroxylation sites is 2. The van der Waals surface area contributed by atoms with Gasteiger partial charge in [0.05, 0.1) is 24.5 Å². The van der Waals surface area contributed by atoms with Gasteiger partial charge in [-0.25, -0.2) is 0 Å². The summed E-state index contributed by atoms with van der Waals surface area (Å²) in [7, 11) is 0. The molecule has 0 radical (unpaired) electrons. The van der Waals surface area contributed by atoms with E-state index >= 15 is 0 Å². The zero-order valence-corrected chi connectivity index (χ0v) is 15.5. The predicted octanol–water partition coefficient (Wildman–Crippen LogP) is 2.43. The highest BCUT2D eigenvalue weighted by atomic mass is 32.2. The van der Waals surface area contributed by atoms with Crippen molar-refractivity contribution in [3.63, 3.8) is 0 Å². The molecule has 1 fully saturated rings. The number of carbonyl (C=O) groups is 1. The van der Waals surface area contributed by atoms with Crippen LogP contribution in [0.3, 0.4) is 0 Å². The zero-order valence-electron chi connectivity index (χ0n) is 14.7. The van der Waals surface area contributed by atoms with Crippen LogP contribution in [0.5, 0.6) is 0 Å². The Morgan fingerprint density at radius 3 is 2.00 bits per heavy atom. The Kier molecular flexibility index (Phi) is 5.26. The number of carbonyl (C=O) groups excluding carboxylic acids is 1. The van der Waals surface area contributed by atoms with Gasteiger partial charge in [0.1, 0.15) is 0 Å². The van der Waals surface area contributed by atoms with E-state index in [1.165, 1.54) is 0 Å². The molecule has 2 aliphatic heterocycles. The van der Waals surface area contributed by atoms with Gasteiger partial charge in [0.2, 0.25) is 5.91 Å². The fraction of sp³-hybridized carbons (Fsp3) is 0.350. The summed E-state index contributed by atoms with van der Waals surface area (Å²) in [5.41, 5.74) is 1.94. The first-order valence-electron chi connectivity index (χ1n) is 9.01. The zero-order chi connectivity index (χ0) is 17.9. The summed E-state index contributed by atoms with van der Waals surface area (Å²) < 4.78 is 0. The Balaban J connectivity index is 1.53. The number of β-amino-alcohol motifs (C(OH)–C–C–N with tert-alkyl or cyclic N) is 1. The number of fused-ring (bicyclic) bond motifs is 2. The Hall–Kier alpha value is -1.86. The Morgan fingerprint density at radius 2 is 1.42 bits per heavy atom. The van der Waals surface area contributed by atoms with Crippen LogP contribution < -0.4 is 4.90 Å². The number of hydrogen-bond donors (Lipinski definition) is 1. The topological polar surface area (TPSA) is 47.0 Å². The molecule has 1 saturated heterocycles. The smallest absolute Gasteiger partial charge is 0.245 e. The van der Waals surface area contributed by atoms with Crippen molar-refractivity contribution in [2.45, 2.75) is 9.79 Å². The molecule has 0 saturated carbocycles. The van der Waals surface area contributed by atoms with Crippen molar-refractivity contribution in [2.75, 3.05) is 50.8 Å². The van der Waals surface area contributed by atoms with Gasteiger partial charge >= 0.3 is 0 Å². The minimum Gasteiger partial charge on any atom is -0.395 e. The molecule has 0 aromatic heterocycles. The van der Waals surface area contributed by atoms with Crippen molar-refractivity contribution < 1.29 is 9.90 Å². The summed E-state index contributed by atoms with van der Waals surface area (Å²) >= 11 is 1.72. The van der Waals surface area contributed by atoms with Crippen molar-refractivity contribution in [2.24, 2.45) is 0 Å². The summed E-state index contributed by atoms with van der Waals surface area (Å²) in [6.45, 7) is 4.84. The average molecular weight is 369 g/mol. The van der Waals surface area contributed by atoms with E-state index < -0.39 is 0 Å². The van der Waals surface area contributed by atoms with Crippen LogP contribution in [0.15, 0.2) is 58.3 Å². The van der Waals surface area contributed by atoms with E-state index in [4.69, 9.17) is 5.11 Å². The van der Waals surface area contributed by atoms with Gasteiger partial charge < -0.3 is 5.11 Å². The molecule has 0 unspecified atom stereocenters. The van der Waals surface area contributed by atoms with Crippen LogP contribution in [-0.2, 0) is 4.79 Å². The number of aliphatic hydroxyl groups excluding tert-OH is 1.